The molecule has 0 aliphatic rings. The molecule has 1 amide bonds. The maximum atomic E-state index is 13.2. The number of hydrogen-bond acceptors (Lipinski definition) is 2. The quantitative estimate of drug-likeness (QED) is 0.860. The fourth-order valence-corrected chi connectivity index (χ4v) is 1.91. The number of carbonyl (C=O) groups excluding carboxylic acids is 1. The van der Waals surface area contributed by atoms with E-state index in [1.165, 1.54) is 17.0 Å². The van der Waals surface area contributed by atoms with Crippen molar-refractivity contribution in [2.45, 2.75) is 6.92 Å². The molecule has 98 valence electrons. The number of amides is 1. The van der Waals surface area contributed by atoms with Crippen LogP contribution < -0.4 is 10.6 Å². The summed E-state index contributed by atoms with van der Waals surface area (Å²) < 4.78 is 13.2. The standard InChI is InChI=1S/C15H15FN2O/c1-2-18(14-8-4-6-12(16)10-14)15(19)11-5-3-7-13(17)9-11/h3-10H,2,17H2,1H3. The summed E-state index contributed by atoms with van der Waals surface area (Å²) in [6.45, 7) is 2.30. The van der Waals surface area contributed by atoms with E-state index in [-0.39, 0.29) is 11.7 Å². The van der Waals surface area contributed by atoms with Crippen LogP contribution in [0.3, 0.4) is 0 Å². The van der Waals surface area contributed by atoms with E-state index in [1.807, 2.05) is 6.92 Å². The molecule has 2 N–H and O–H groups in total. The minimum absolute atomic E-state index is 0.194. The highest BCUT2D eigenvalue weighted by Gasteiger charge is 2.16. The molecule has 19 heavy (non-hydrogen) atoms. The summed E-state index contributed by atoms with van der Waals surface area (Å²) in [4.78, 5) is 13.9. The molecule has 0 aromatic heterocycles. The Kier molecular flexibility index (Phi) is 3.80. The van der Waals surface area contributed by atoms with Gasteiger partial charge in [0.2, 0.25) is 0 Å². The van der Waals surface area contributed by atoms with Gasteiger partial charge in [0.05, 0.1) is 0 Å². The second-order valence-electron chi connectivity index (χ2n) is 4.15. The maximum absolute atomic E-state index is 13.2. The molecule has 0 unspecified atom stereocenters. The Morgan fingerprint density at radius 1 is 1.21 bits per heavy atom. The lowest BCUT2D eigenvalue weighted by Gasteiger charge is -2.21. The maximum Gasteiger partial charge on any atom is 0.258 e. The minimum Gasteiger partial charge on any atom is -0.399 e. The van der Waals surface area contributed by atoms with E-state index >= 15 is 0 Å². The molecule has 0 saturated heterocycles. The molecule has 3 nitrogen and oxygen atoms in total. The zero-order valence-electron chi connectivity index (χ0n) is 10.6. The first-order chi connectivity index (χ1) is 9.11. The van der Waals surface area contributed by atoms with Crippen LogP contribution in [0, 0.1) is 5.82 Å². The van der Waals surface area contributed by atoms with Crippen molar-refractivity contribution in [3.8, 4) is 0 Å². The fraction of sp³-hybridized carbons (Fsp3) is 0.133. The Balaban J connectivity index is 2.34. The zero-order chi connectivity index (χ0) is 13.8. The Hall–Kier alpha value is -2.36. The normalized spacial score (nSPS) is 10.2. The SMILES string of the molecule is CCN(C(=O)c1cccc(N)c1)c1cccc(F)c1. The average Bonchev–Trinajstić information content (AvgIpc) is 2.39. The molecule has 0 aliphatic heterocycles. The lowest BCUT2D eigenvalue weighted by molar-refractivity contribution is 0.0988. The minimum atomic E-state index is -0.365. The van der Waals surface area contributed by atoms with E-state index in [4.69, 9.17) is 5.73 Å². The van der Waals surface area contributed by atoms with E-state index in [0.717, 1.165) is 0 Å². The highest BCUT2D eigenvalue weighted by atomic mass is 19.1. The summed E-state index contributed by atoms with van der Waals surface area (Å²) in [5.74, 6) is -0.559. The summed E-state index contributed by atoms with van der Waals surface area (Å²) in [5.41, 5.74) is 7.23. The average molecular weight is 258 g/mol. The van der Waals surface area contributed by atoms with Crippen LogP contribution >= 0.6 is 0 Å². The van der Waals surface area contributed by atoms with Gasteiger partial charge in [-0.3, -0.25) is 4.79 Å². The molecule has 2 aromatic rings. The number of nitrogen functional groups attached to an aromatic ring is 1. The van der Waals surface area contributed by atoms with Gasteiger partial charge in [-0.05, 0) is 43.3 Å². The van der Waals surface area contributed by atoms with Gasteiger partial charge in [0.15, 0.2) is 0 Å². The predicted octanol–water partition coefficient (Wildman–Crippen LogP) is 3.07. The first-order valence-corrected chi connectivity index (χ1v) is 6.05. The van der Waals surface area contributed by atoms with Gasteiger partial charge >= 0.3 is 0 Å². The molecule has 0 saturated carbocycles. The number of hydrogen-bond donors (Lipinski definition) is 1. The lowest BCUT2D eigenvalue weighted by Crippen LogP contribution is -2.30. The number of carbonyl (C=O) groups is 1. The topological polar surface area (TPSA) is 46.3 Å². The van der Waals surface area contributed by atoms with Gasteiger partial charge < -0.3 is 10.6 Å². The Morgan fingerprint density at radius 2 is 1.95 bits per heavy atom. The number of nitrogens with zero attached hydrogens (tertiary/aromatic N) is 1. The molecule has 0 aliphatic carbocycles. The Morgan fingerprint density at radius 3 is 2.58 bits per heavy atom. The van der Waals surface area contributed by atoms with Gasteiger partial charge in [0.25, 0.3) is 5.91 Å². The van der Waals surface area contributed by atoms with Crippen LogP contribution in [0.15, 0.2) is 48.5 Å². The smallest absolute Gasteiger partial charge is 0.258 e. The lowest BCUT2D eigenvalue weighted by atomic mass is 10.1. The molecule has 0 atom stereocenters. The van der Waals surface area contributed by atoms with Gasteiger partial charge in [0, 0.05) is 23.5 Å². The van der Waals surface area contributed by atoms with Crippen LogP contribution in [0.1, 0.15) is 17.3 Å². The Labute approximate surface area is 111 Å². The van der Waals surface area contributed by atoms with Crippen LogP contribution in [0.5, 0.6) is 0 Å². The summed E-state index contributed by atoms with van der Waals surface area (Å²) in [5, 5.41) is 0. The van der Waals surface area contributed by atoms with Crippen molar-refractivity contribution >= 4 is 17.3 Å². The van der Waals surface area contributed by atoms with Gasteiger partial charge in [0.1, 0.15) is 5.82 Å². The summed E-state index contributed by atoms with van der Waals surface area (Å²) in [7, 11) is 0. The number of rotatable bonds is 3. The molecule has 4 heteroatoms. The first kappa shape index (κ1) is 13.1. The van der Waals surface area contributed by atoms with E-state index in [2.05, 4.69) is 0 Å². The van der Waals surface area contributed by atoms with Crippen LogP contribution in [-0.4, -0.2) is 12.5 Å². The van der Waals surface area contributed by atoms with Crippen LogP contribution in [0.2, 0.25) is 0 Å². The van der Waals surface area contributed by atoms with Crippen molar-refractivity contribution in [3.05, 3.63) is 59.9 Å². The van der Waals surface area contributed by atoms with Crippen molar-refractivity contribution in [2.24, 2.45) is 0 Å². The van der Waals surface area contributed by atoms with E-state index in [1.54, 1.807) is 36.4 Å². The highest BCUT2D eigenvalue weighted by molar-refractivity contribution is 6.06. The third kappa shape index (κ3) is 2.91. The zero-order valence-corrected chi connectivity index (χ0v) is 10.6. The monoisotopic (exact) mass is 258 g/mol. The van der Waals surface area contributed by atoms with Gasteiger partial charge in [-0.25, -0.2) is 4.39 Å². The number of benzene rings is 2. The predicted molar refractivity (Wildman–Crippen MR) is 74.6 cm³/mol. The molecule has 2 aromatic carbocycles. The van der Waals surface area contributed by atoms with Crippen molar-refractivity contribution in [1.29, 1.82) is 0 Å². The number of nitrogens with two attached hydrogens (primary N) is 1. The molecule has 2 rings (SSSR count). The summed E-state index contributed by atoms with van der Waals surface area (Å²) in [6, 6.07) is 12.7. The largest absolute Gasteiger partial charge is 0.399 e. The second kappa shape index (κ2) is 5.52. The summed E-state index contributed by atoms with van der Waals surface area (Å²) in [6.07, 6.45) is 0. The third-order valence-electron chi connectivity index (χ3n) is 2.81. The molecule has 0 spiro atoms. The number of halogens is 1. The second-order valence-corrected chi connectivity index (χ2v) is 4.15. The van der Waals surface area contributed by atoms with Crippen LogP contribution in [-0.2, 0) is 0 Å². The third-order valence-corrected chi connectivity index (χ3v) is 2.81. The molecule has 0 radical (unpaired) electrons. The Bertz CT molecular complexity index is 598. The van der Waals surface area contributed by atoms with Gasteiger partial charge in [-0.2, -0.15) is 0 Å². The van der Waals surface area contributed by atoms with E-state index in [0.29, 0.717) is 23.5 Å². The van der Waals surface area contributed by atoms with E-state index < -0.39 is 0 Å². The van der Waals surface area contributed by atoms with Crippen molar-refractivity contribution in [3.63, 3.8) is 0 Å². The first-order valence-electron chi connectivity index (χ1n) is 6.05. The van der Waals surface area contributed by atoms with Crippen molar-refractivity contribution in [2.75, 3.05) is 17.2 Å². The molecule has 0 bridgehead atoms. The van der Waals surface area contributed by atoms with Crippen LogP contribution in [0.4, 0.5) is 15.8 Å². The molecule has 0 heterocycles. The van der Waals surface area contributed by atoms with Gasteiger partial charge in [-0.15, -0.1) is 0 Å². The van der Waals surface area contributed by atoms with Crippen molar-refractivity contribution < 1.29 is 9.18 Å². The molecular weight excluding hydrogens is 243 g/mol. The fourth-order valence-electron chi connectivity index (χ4n) is 1.91. The van der Waals surface area contributed by atoms with Crippen LogP contribution in [0.25, 0.3) is 0 Å². The molecular formula is C15H15FN2O. The summed E-state index contributed by atoms with van der Waals surface area (Å²) >= 11 is 0. The molecule has 0 fully saturated rings. The van der Waals surface area contributed by atoms with Crippen molar-refractivity contribution in [1.82, 2.24) is 0 Å². The number of anilines is 2. The van der Waals surface area contributed by atoms with E-state index in [9.17, 15) is 9.18 Å². The highest BCUT2D eigenvalue weighted by Crippen LogP contribution is 2.19. The van der Waals surface area contributed by atoms with Gasteiger partial charge in [-0.1, -0.05) is 12.1 Å².